The van der Waals surface area contributed by atoms with Gasteiger partial charge in [0.25, 0.3) is 0 Å². The van der Waals surface area contributed by atoms with Gasteiger partial charge in [-0.05, 0) is 30.5 Å². The lowest BCUT2D eigenvalue weighted by atomic mass is 9.82. The molecule has 2 N–H and O–H groups in total. The molecule has 15 heavy (non-hydrogen) atoms. The summed E-state index contributed by atoms with van der Waals surface area (Å²) in [4.78, 5) is 0. The van der Waals surface area contributed by atoms with Crippen LogP contribution in [0.25, 0.3) is 0 Å². The van der Waals surface area contributed by atoms with E-state index in [-0.39, 0.29) is 6.61 Å². The summed E-state index contributed by atoms with van der Waals surface area (Å²) in [7, 11) is 0. The molecule has 0 aliphatic carbocycles. The number of benzene rings is 1. The van der Waals surface area contributed by atoms with E-state index in [9.17, 15) is 5.11 Å². The fourth-order valence-corrected chi connectivity index (χ4v) is 2.85. The summed E-state index contributed by atoms with van der Waals surface area (Å²) >= 11 is 3.58. The maximum absolute atomic E-state index is 9.37. The van der Waals surface area contributed by atoms with Crippen LogP contribution < -0.4 is 5.32 Å². The highest BCUT2D eigenvalue weighted by atomic mass is 79.9. The molecule has 2 unspecified atom stereocenters. The predicted molar refractivity (Wildman–Crippen MR) is 64.9 cm³/mol. The molecule has 0 bridgehead atoms. The summed E-state index contributed by atoms with van der Waals surface area (Å²) in [6, 6.07) is 8.30. The van der Waals surface area contributed by atoms with Crippen LogP contribution in [0.2, 0.25) is 0 Å². The Kier molecular flexibility index (Phi) is 3.78. The highest BCUT2D eigenvalue weighted by Crippen LogP contribution is 2.33. The first-order chi connectivity index (χ1) is 7.33. The zero-order chi connectivity index (χ0) is 10.7. The molecule has 1 fully saturated rings. The average Bonchev–Trinajstić information content (AvgIpc) is 2.30. The van der Waals surface area contributed by atoms with Gasteiger partial charge in [-0.15, -0.1) is 0 Å². The first-order valence-electron chi connectivity index (χ1n) is 5.39. The maximum Gasteiger partial charge on any atom is 0.0466 e. The van der Waals surface area contributed by atoms with Crippen LogP contribution in [0, 0.1) is 5.92 Å². The van der Waals surface area contributed by atoms with Crippen molar-refractivity contribution in [2.45, 2.75) is 12.3 Å². The van der Waals surface area contributed by atoms with E-state index in [1.54, 1.807) is 0 Å². The molecule has 1 saturated heterocycles. The van der Waals surface area contributed by atoms with Gasteiger partial charge in [0.1, 0.15) is 0 Å². The number of hydrogen-bond donors (Lipinski definition) is 2. The quantitative estimate of drug-likeness (QED) is 0.863. The molecule has 0 radical (unpaired) electrons. The lowest BCUT2D eigenvalue weighted by molar-refractivity contribution is 0.176. The van der Waals surface area contributed by atoms with Crippen LogP contribution >= 0.6 is 15.9 Å². The molecule has 2 rings (SSSR count). The molecular formula is C12H16BrNO. The van der Waals surface area contributed by atoms with Crippen LogP contribution in [0.15, 0.2) is 28.7 Å². The van der Waals surface area contributed by atoms with Crippen molar-refractivity contribution in [2.24, 2.45) is 5.92 Å². The number of piperidine rings is 1. The largest absolute Gasteiger partial charge is 0.396 e. The molecule has 0 spiro atoms. The van der Waals surface area contributed by atoms with Gasteiger partial charge in [0, 0.05) is 23.5 Å². The molecule has 2 nitrogen and oxygen atoms in total. The van der Waals surface area contributed by atoms with Crippen LogP contribution in [0.3, 0.4) is 0 Å². The van der Waals surface area contributed by atoms with Crippen LogP contribution in [-0.4, -0.2) is 24.8 Å². The second-order valence-corrected chi connectivity index (χ2v) is 4.92. The Morgan fingerprint density at radius 2 is 2.20 bits per heavy atom. The summed E-state index contributed by atoms with van der Waals surface area (Å²) in [5, 5.41) is 12.8. The van der Waals surface area contributed by atoms with Gasteiger partial charge < -0.3 is 10.4 Å². The smallest absolute Gasteiger partial charge is 0.0466 e. The summed E-state index contributed by atoms with van der Waals surface area (Å²) in [6.07, 6.45) is 1.06. The molecule has 1 aromatic carbocycles. The van der Waals surface area contributed by atoms with Crippen molar-refractivity contribution in [3.63, 3.8) is 0 Å². The Morgan fingerprint density at radius 1 is 1.40 bits per heavy atom. The van der Waals surface area contributed by atoms with E-state index in [2.05, 4.69) is 39.4 Å². The van der Waals surface area contributed by atoms with Gasteiger partial charge in [-0.2, -0.15) is 0 Å². The zero-order valence-electron chi connectivity index (χ0n) is 8.62. The molecule has 2 atom stereocenters. The van der Waals surface area contributed by atoms with Crippen LogP contribution in [0.4, 0.5) is 0 Å². The van der Waals surface area contributed by atoms with Crippen molar-refractivity contribution >= 4 is 15.9 Å². The lowest BCUT2D eigenvalue weighted by Crippen LogP contribution is -2.36. The van der Waals surface area contributed by atoms with Gasteiger partial charge in [-0.25, -0.2) is 0 Å². The number of aliphatic hydroxyl groups excluding tert-OH is 1. The minimum Gasteiger partial charge on any atom is -0.396 e. The number of nitrogens with one attached hydrogen (secondary N) is 1. The molecular weight excluding hydrogens is 254 g/mol. The summed E-state index contributed by atoms with van der Waals surface area (Å²) in [5.74, 6) is 0.823. The van der Waals surface area contributed by atoms with Gasteiger partial charge in [0.05, 0.1) is 0 Å². The number of rotatable bonds is 2. The van der Waals surface area contributed by atoms with E-state index in [0.29, 0.717) is 11.8 Å². The topological polar surface area (TPSA) is 32.3 Å². The van der Waals surface area contributed by atoms with Crippen molar-refractivity contribution in [3.8, 4) is 0 Å². The third-order valence-electron chi connectivity index (χ3n) is 3.16. The normalized spacial score (nSPS) is 26.5. The highest BCUT2D eigenvalue weighted by molar-refractivity contribution is 9.10. The molecule has 3 heteroatoms. The monoisotopic (exact) mass is 269 g/mol. The van der Waals surface area contributed by atoms with Gasteiger partial charge in [0.15, 0.2) is 0 Å². The fourth-order valence-electron chi connectivity index (χ4n) is 2.27. The molecule has 1 aliphatic heterocycles. The second-order valence-electron chi connectivity index (χ2n) is 4.06. The van der Waals surface area contributed by atoms with Crippen LogP contribution in [0.5, 0.6) is 0 Å². The lowest BCUT2D eigenvalue weighted by Gasteiger charge is -2.31. The summed E-state index contributed by atoms with van der Waals surface area (Å²) in [5.41, 5.74) is 1.31. The number of hydrogen-bond acceptors (Lipinski definition) is 2. The van der Waals surface area contributed by atoms with E-state index in [4.69, 9.17) is 0 Å². The fraction of sp³-hybridized carbons (Fsp3) is 0.500. The minimum absolute atomic E-state index is 0.285. The van der Waals surface area contributed by atoms with Crippen molar-refractivity contribution in [2.75, 3.05) is 19.7 Å². The van der Waals surface area contributed by atoms with Crippen molar-refractivity contribution in [1.82, 2.24) is 5.32 Å². The van der Waals surface area contributed by atoms with Gasteiger partial charge >= 0.3 is 0 Å². The van der Waals surface area contributed by atoms with Crippen LogP contribution in [0.1, 0.15) is 17.9 Å². The highest BCUT2D eigenvalue weighted by Gasteiger charge is 2.26. The number of halogens is 1. The summed E-state index contributed by atoms with van der Waals surface area (Å²) in [6.45, 7) is 2.27. The Labute approximate surface area is 98.8 Å². The molecule has 1 aliphatic rings. The van der Waals surface area contributed by atoms with Gasteiger partial charge in [0.2, 0.25) is 0 Å². The second kappa shape index (κ2) is 5.10. The minimum atomic E-state index is 0.285. The molecule has 0 aromatic heterocycles. The zero-order valence-corrected chi connectivity index (χ0v) is 10.2. The Bertz CT molecular complexity index is 329. The number of aliphatic hydroxyl groups is 1. The van der Waals surface area contributed by atoms with Crippen molar-refractivity contribution < 1.29 is 5.11 Å². The third-order valence-corrected chi connectivity index (χ3v) is 3.89. The van der Waals surface area contributed by atoms with Crippen molar-refractivity contribution in [3.05, 3.63) is 34.3 Å². The third kappa shape index (κ3) is 2.41. The summed E-state index contributed by atoms with van der Waals surface area (Å²) < 4.78 is 1.15. The van der Waals surface area contributed by atoms with Crippen LogP contribution in [-0.2, 0) is 0 Å². The molecule has 82 valence electrons. The Hall–Kier alpha value is -0.380. The first-order valence-corrected chi connectivity index (χ1v) is 6.18. The standard InChI is InChI=1S/C12H16BrNO/c13-12-4-2-1-3-10(12)11-7-14-6-5-9(11)8-15/h1-4,9,11,14-15H,5-8H2. The van der Waals surface area contributed by atoms with Gasteiger partial charge in [-0.3, -0.25) is 0 Å². The van der Waals surface area contributed by atoms with E-state index in [1.165, 1.54) is 5.56 Å². The van der Waals surface area contributed by atoms with E-state index in [1.807, 2.05) is 6.07 Å². The van der Waals surface area contributed by atoms with Gasteiger partial charge in [-0.1, -0.05) is 34.1 Å². The SMILES string of the molecule is OCC1CCNCC1c1ccccc1Br. The van der Waals surface area contributed by atoms with E-state index in [0.717, 1.165) is 24.0 Å². The van der Waals surface area contributed by atoms with E-state index >= 15 is 0 Å². The molecule has 1 aromatic rings. The average molecular weight is 270 g/mol. The van der Waals surface area contributed by atoms with E-state index < -0.39 is 0 Å². The molecule has 0 amide bonds. The van der Waals surface area contributed by atoms with Crippen molar-refractivity contribution in [1.29, 1.82) is 0 Å². The maximum atomic E-state index is 9.37. The Balaban J connectivity index is 2.24. The Morgan fingerprint density at radius 3 is 2.93 bits per heavy atom. The first kappa shape index (κ1) is 11.1. The molecule has 1 heterocycles. The molecule has 0 saturated carbocycles. The predicted octanol–water partition coefficient (Wildman–Crippen LogP) is 2.13.